The lowest BCUT2D eigenvalue weighted by Gasteiger charge is -2.12. The fourth-order valence-electron chi connectivity index (χ4n) is 4.32. The number of aliphatic hydroxyl groups excluding tert-OH is 1. The summed E-state index contributed by atoms with van der Waals surface area (Å²) >= 11 is 6.34. The molecule has 1 aliphatic heterocycles. The zero-order valence-corrected chi connectivity index (χ0v) is 21.3. The minimum Gasteiger partial charge on any atom is -0.392 e. The zero-order valence-electron chi connectivity index (χ0n) is 20.6. The molecule has 0 saturated carbocycles. The number of β-amino-alcohol motifs (C(OH)–C–C–N with tert-alkyl or cyclic N) is 1. The largest absolute Gasteiger partial charge is 0.435 e. The summed E-state index contributed by atoms with van der Waals surface area (Å²) in [6, 6.07) is 4.13. The number of anilines is 2. The van der Waals surface area contributed by atoms with Gasteiger partial charge in [-0.05, 0) is 24.6 Å². The number of aromatic amines is 1. The number of aromatic nitrogens is 5. The van der Waals surface area contributed by atoms with Gasteiger partial charge in [-0.3, -0.25) is 19.1 Å². The molecule has 12 nitrogen and oxygen atoms in total. The van der Waals surface area contributed by atoms with Crippen LogP contribution in [0.15, 0.2) is 43.0 Å². The summed E-state index contributed by atoms with van der Waals surface area (Å²) in [5.74, 6) is -0.448. The Morgan fingerprint density at radius 2 is 2.00 bits per heavy atom. The van der Waals surface area contributed by atoms with Gasteiger partial charge in [-0.2, -0.15) is 18.3 Å². The molecule has 40 heavy (non-hydrogen) atoms. The van der Waals surface area contributed by atoms with Crippen molar-refractivity contribution in [3.8, 4) is 11.3 Å². The second-order valence-corrected chi connectivity index (χ2v) is 9.38. The third-order valence-electron chi connectivity index (χ3n) is 6.22. The highest BCUT2D eigenvalue weighted by atomic mass is 35.5. The number of benzene rings is 1. The number of H-pyrrole nitrogens is 1. The van der Waals surface area contributed by atoms with E-state index in [2.05, 4.69) is 41.4 Å². The van der Waals surface area contributed by atoms with E-state index in [1.165, 1.54) is 35.1 Å². The standard InChI is InChI=1S/C24H23ClF3N9O3/c25-16-7-12(1-2-14(16)22(39)30-3-4-31-23(40)17-8-13(38)9-32-17)35-20-21-33-11-18(37(21)6-5-29-20)15-10-34-36-19(15)24(26,27)28/h1-2,5-7,10-11,13,17,32,38H,3-4,8-9H2,(H,29,35)(H,30,39)(H,31,40)(H,34,36)/t13-,17+/m1/s1. The highest BCUT2D eigenvalue weighted by molar-refractivity contribution is 6.34. The fourth-order valence-corrected chi connectivity index (χ4v) is 4.58. The van der Waals surface area contributed by atoms with Gasteiger partial charge in [0.05, 0.1) is 40.2 Å². The maximum atomic E-state index is 13.4. The number of alkyl halides is 3. The Bertz CT molecular complexity index is 1560. The van der Waals surface area contributed by atoms with Crippen LogP contribution in [0.3, 0.4) is 0 Å². The van der Waals surface area contributed by atoms with Gasteiger partial charge >= 0.3 is 6.18 Å². The molecule has 6 N–H and O–H groups in total. The van der Waals surface area contributed by atoms with Crippen molar-refractivity contribution in [2.45, 2.75) is 24.7 Å². The van der Waals surface area contributed by atoms with Crippen LogP contribution in [0.2, 0.25) is 5.02 Å². The quantitative estimate of drug-likeness (QED) is 0.174. The topological polar surface area (TPSA) is 161 Å². The average Bonchev–Trinajstić information content (AvgIpc) is 3.66. The van der Waals surface area contributed by atoms with Gasteiger partial charge in [0.2, 0.25) is 5.91 Å². The summed E-state index contributed by atoms with van der Waals surface area (Å²) in [4.78, 5) is 33.1. The van der Waals surface area contributed by atoms with E-state index in [1.54, 1.807) is 6.07 Å². The van der Waals surface area contributed by atoms with E-state index < -0.39 is 29.9 Å². The van der Waals surface area contributed by atoms with Gasteiger partial charge in [-0.15, -0.1) is 0 Å². The van der Waals surface area contributed by atoms with Crippen molar-refractivity contribution in [2.24, 2.45) is 0 Å². The number of nitrogens with one attached hydrogen (secondary N) is 5. The minimum absolute atomic E-state index is 0.139. The number of aliphatic hydroxyl groups is 1. The van der Waals surface area contributed by atoms with Crippen LogP contribution >= 0.6 is 11.6 Å². The second-order valence-electron chi connectivity index (χ2n) is 8.98. The molecule has 1 aromatic carbocycles. The number of carbonyl (C=O) groups is 2. The molecule has 2 atom stereocenters. The number of fused-ring (bicyclic) bond motifs is 1. The van der Waals surface area contributed by atoms with E-state index >= 15 is 0 Å². The van der Waals surface area contributed by atoms with Gasteiger partial charge in [-0.1, -0.05) is 11.6 Å². The van der Waals surface area contributed by atoms with Crippen LogP contribution in [0.4, 0.5) is 24.7 Å². The number of nitrogens with zero attached hydrogens (tertiary/aromatic N) is 4. The summed E-state index contributed by atoms with van der Waals surface area (Å²) in [5.41, 5.74) is -0.134. The van der Waals surface area contributed by atoms with Crippen LogP contribution in [0.25, 0.3) is 16.9 Å². The van der Waals surface area contributed by atoms with Gasteiger partial charge < -0.3 is 26.4 Å². The number of hydrogen-bond acceptors (Lipinski definition) is 8. The molecule has 4 heterocycles. The van der Waals surface area contributed by atoms with Crippen molar-refractivity contribution in [2.75, 3.05) is 25.0 Å². The molecule has 0 aliphatic carbocycles. The summed E-state index contributed by atoms with van der Waals surface area (Å²) < 4.78 is 41.5. The van der Waals surface area contributed by atoms with Crippen LogP contribution in [0.1, 0.15) is 22.5 Å². The van der Waals surface area contributed by atoms with Crippen molar-refractivity contribution in [3.05, 3.63) is 59.3 Å². The number of amides is 2. The first-order chi connectivity index (χ1) is 19.1. The van der Waals surface area contributed by atoms with Gasteiger partial charge in [0.1, 0.15) is 0 Å². The van der Waals surface area contributed by atoms with E-state index in [0.717, 1.165) is 6.20 Å². The van der Waals surface area contributed by atoms with Crippen molar-refractivity contribution < 1.29 is 27.9 Å². The lowest BCUT2D eigenvalue weighted by Crippen LogP contribution is -2.43. The third-order valence-corrected chi connectivity index (χ3v) is 6.54. The highest BCUT2D eigenvalue weighted by Gasteiger charge is 2.37. The molecule has 1 saturated heterocycles. The Morgan fingerprint density at radius 3 is 2.73 bits per heavy atom. The first kappa shape index (κ1) is 27.4. The summed E-state index contributed by atoms with van der Waals surface area (Å²) in [6.45, 7) is 0.721. The van der Waals surface area contributed by atoms with Crippen molar-refractivity contribution >= 4 is 40.6 Å². The molecule has 16 heteroatoms. The smallest absolute Gasteiger partial charge is 0.392 e. The minimum atomic E-state index is -4.65. The molecule has 0 bridgehead atoms. The van der Waals surface area contributed by atoms with Gasteiger partial charge in [-0.25, -0.2) is 9.97 Å². The normalized spacial score (nSPS) is 17.2. The van der Waals surface area contributed by atoms with Crippen molar-refractivity contribution in [3.63, 3.8) is 0 Å². The van der Waals surface area contributed by atoms with Crippen molar-refractivity contribution in [1.29, 1.82) is 0 Å². The number of halogens is 4. The van der Waals surface area contributed by atoms with Crippen LogP contribution in [0.5, 0.6) is 0 Å². The predicted molar refractivity (Wildman–Crippen MR) is 138 cm³/mol. The molecular formula is C24H23ClF3N9O3. The van der Waals surface area contributed by atoms with Gasteiger partial charge in [0.25, 0.3) is 5.91 Å². The average molecular weight is 578 g/mol. The maximum absolute atomic E-state index is 13.4. The second kappa shape index (κ2) is 11.1. The SMILES string of the molecule is O=C(NCCNC(=O)[C@@H]1C[C@@H](O)CN1)c1ccc(Nc2nccn3c(-c4c[nH]nc4C(F)(F)F)cnc23)cc1Cl. The number of imidazole rings is 1. The first-order valence-corrected chi connectivity index (χ1v) is 12.5. The molecule has 5 rings (SSSR count). The van der Waals surface area contributed by atoms with Gasteiger partial charge in [0, 0.05) is 43.9 Å². The van der Waals surface area contributed by atoms with Gasteiger partial charge in [0.15, 0.2) is 17.2 Å². The Hall–Kier alpha value is -4.21. The molecule has 3 aromatic heterocycles. The number of rotatable bonds is 8. The highest BCUT2D eigenvalue weighted by Crippen LogP contribution is 2.36. The molecule has 4 aromatic rings. The lowest BCUT2D eigenvalue weighted by molar-refractivity contribution is -0.140. The van der Waals surface area contributed by atoms with E-state index in [4.69, 9.17) is 11.6 Å². The number of carbonyl (C=O) groups excluding carboxylic acids is 2. The summed E-state index contributed by atoms with van der Waals surface area (Å²) in [7, 11) is 0. The molecule has 1 fully saturated rings. The molecular weight excluding hydrogens is 555 g/mol. The van der Waals surface area contributed by atoms with E-state index in [0.29, 0.717) is 18.7 Å². The Balaban J connectivity index is 1.23. The Labute approximate surface area is 229 Å². The van der Waals surface area contributed by atoms with Crippen LogP contribution in [-0.4, -0.2) is 73.3 Å². The van der Waals surface area contributed by atoms with Crippen LogP contribution in [-0.2, 0) is 11.0 Å². The van der Waals surface area contributed by atoms with E-state index in [9.17, 15) is 27.9 Å². The van der Waals surface area contributed by atoms with Crippen molar-refractivity contribution in [1.82, 2.24) is 40.5 Å². The number of hydrogen-bond donors (Lipinski definition) is 6. The van der Waals surface area contributed by atoms with Crippen LogP contribution in [0, 0.1) is 0 Å². The Kier molecular flexibility index (Phi) is 7.60. The third kappa shape index (κ3) is 5.71. The molecule has 2 amide bonds. The Morgan fingerprint density at radius 1 is 1.20 bits per heavy atom. The summed E-state index contributed by atoms with van der Waals surface area (Å²) in [6.07, 6.45) is 0.457. The summed E-state index contributed by atoms with van der Waals surface area (Å²) in [5, 5.41) is 26.5. The zero-order chi connectivity index (χ0) is 28.4. The molecule has 0 radical (unpaired) electrons. The monoisotopic (exact) mass is 577 g/mol. The van der Waals surface area contributed by atoms with E-state index in [-0.39, 0.29) is 52.3 Å². The molecule has 210 valence electrons. The molecule has 1 aliphatic rings. The lowest BCUT2D eigenvalue weighted by atomic mass is 10.2. The maximum Gasteiger partial charge on any atom is 0.435 e. The molecule has 0 spiro atoms. The van der Waals surface area contributed by atoms with Crippen LogP contribution < -0.4 is 21.3 Å². The van der Waals surface area contributed by atoms with E-state index in [1.807, 2.05) is 0 Å². The molecule has 0 unspecified atom stereocenters. The fraction of sp³-hybridized carbons (Fsp3) is 0.292. The first-order valence-electron chi connectivity index (χ1n) is 12.1. The predicted octanol–water partition coefficient (Wildman–Crippen LogP) is 2.10.